The second kappa shape index (κ2) is 6.24. The number of anilines is 1. The molecule has 0 atom stereocenters. The number of benzene rings is 2. The number of rotatable bonds is 3. The molecule has 0 aromatic heterocycles. The first-order valence-corrected chi connectivity index (χ1v) is 7.29. The summed E-state index contributed by atoms with van der Waals surface area (Å²) in [5.74, 6) is -0.498. The molecule has 0 bridgehead atoms. The van der Waals surface area contributed by atoms with Crippen LogP contribution < -0.4 is 11.1 Å². The molecule has 0 unspecified atom stereocenters. The number of carbonyl (C=O) groups is 1. The number of hydrogen-bond donors (Lipinski definition) is 3. The summed E-state index contributed by atoms with van der Waals surface area (Å²) >= 11 is 8.30. The van der Waals surface area contributed by atoms with E-state index in [1.54, 1.807) is 30.3 Å². The lowest BCUT2D eigenvalue weighted by molar-refractivity contribution is 0.102. The van der Waals surface area contributed by atoms with Gasteiger partial charge in [0.15, 0.2) is 0 Å². The van der Waals surface area contributed by atoms with E-state index in [4.69, 9.17) is 18.0 Å². The molecule has 6 heteroatoms. The maximum Gasteiger partial charge on any atom is 0.259 e. The quantitative estimate of drug-likeness (QED) is 0.730. The SMILES string of the molecule is Cc1ccc(C(=O)Nc2cc(Br)ccc2C(N)=S)c(O)c1. The van der Waals surface area contributed by atoms with E-state index < -0.39 is 5.91 Å². The number of phenols is 1. The Bertz CT molecular complexity index is 732. The summed E-state index contributed by atoms with van der Waals surface area (Å²) in [5, 5.41) is 12.6. The second-order valence-corrected chi connectivity index (χ2v) is 5.88. The van der Waals surface area contributed by atoms with Crippen LogP contribution >= 0.6 is 28.1 Å². The van der Waals surface area contributed by atoms with Crippen molar-refractivity contribution in [2.45, 2.75) is 6.92 Å². The highest BCUT2D eigenvalue weighted by molar-refractivity contribution is 9.10. The molecule has 0 aliphatic heterocycles. The zero-order valence-corrected chi connectivity index (χ0v) is 13.6. The standard InChI is InChI=1S/C15H13BrN2O2S/c1-8-2-4-11(13(19)6-8)15(20)18-12-7-9(16)3-5-10(12)14(17)21/h2-7,19H,1H3,(H2,17,21)(H,18,20). The van der Waals surface area contributed by atoms with Crippen molar-refractivity contribution < 1.29 is 9.90 Å². The number of amides is 1. The van der Waals surface area contributed by atoms with Crippen molar-refractivity contribution in [2.75, 3.05) is 5.32 Å². The number of nitrogens with two attached hydrogens (primary N) is 1. The van der Waals surface area contributed by atoms with E-state index in [0.29, 0.717) is 11.3 Å². The molecule has 2 aromatic rings. The largest absolute Gasteiger partial charge is 0.507 e. The van der Waals surface area contributed by atoms with E-state index in [1.807, 2.05) is 6.92 Å². The molecule has 2 aromatic carbocycles. The monoisotopic (exact) mass is 364 g/mol. The average Bonchev–Trinajstić information content (AvgIpc) is 2.37. The summed E-state index contributed by atoms with van der Waals surface area (Å²) in [6, 6.07) is 10.1. The van der Waals surface area contributed by atoms with E-state index >= 15 is 0 Å². The summed E-state index contributed by atoms with van der Waals surface area (Å²) in [4.78, 5) is 12.4. The topological polar surface area (TPSA) is 75.4 Å². The van der Waals surface area contributed by atoms with Crippen LogP contribution in [0.4, 0.5) is 5.69 Å². The Morgan fingerprint density at radius 1 is 1.24 bits per heavy atom. The normalized spacial score (nSPS) is 10.2. The fourth-order valence-corrected chi connectivity index (χ4v) is 2.40. The summed E-state index contributed by atoms with van der Waals surface area (Å²) in [6.07, 6.45) is 0. The van der Waals surface area contributed by atoms with Crippen LogP contribution in [0.5, 0.6) is 5.75 Å². The van der Waals surface area contributed by atoms with Crippen molar-refractivity contribution in [2.24, 2.45) is 5.73 Å². The highest BCUT2D eigenvalue weighted by Gasteiger charge is 2.14. The Morgan fingerprint density at radius 3 is 2.52 bits per heavy atom. The Morgan fingerprint density at radius 2 is 1.90 bits per heavy atom. The fourth-order valence-electron chi connectivity index (χ4n) is 1.86. The fraction of sp³-hybridized carbons (Fsp3) is 0.0667. The van der Waals surface area contributed by atoms with Gasteiger partial charge in [-0.05, 0) is 42.8 Å². The molecular weight excluding hydrogens is 352 g/mol. The highest BCUT2D eigenvalue weighted by Crippen LogP contribution is 2.24. The van der Waals surface area contributed by atoms with Crippen LogP contribution in [0.2, 0.25) is 0 Å². The van der Waals surface area contributed by atoms with Crippen molar-refractivity contribution in [3.63, 3.8) is 0 Å². The zero-order chi connectivity index (χ0) is 15.6. The Hall–Kier alpha value is -1.92. The molecule has 4 N–H and O–H groups in total. The molecule has 0 saturated carbocycles. The van der Waals surface area contributed by atoms with Gasteiger partial charge in [0, 0.05) is 10.0 Å². The van der Waals surface area contributed by atoms with Gasteiger partial charge in [0.25, 0.3) is 5.91 Å². The second-order valence-electron chi connectivity index (χ2n) is 4.53. The first-order chi connectivity index (χ1) is 9.88. The van der Waals surface area contributed by atoms with Gasteiger partial charge in [0.05, 0.1) is 11.3 Å². The van der Waals surface area contributed by atoms with Crippen molar-refractivity contribution >= 4 is 44.7 Å². The Balaban J connectivity index is 2.35. The molecule has 0 aliphatic carbocycles. The van der Waals surface area contributed by atoms with Gasteiger partial charge in [-0.3, -0.25) is 4.79 Å². The molecule has 1 amide bonds. The van der Waals surface area contributed by atoms with Crippen LogP contribution in [0, 0.1) is 6.92 Å². The van der Waals surface area contributed by atoms with Crippen molar-refractivity contribution in [3.05, 3.63) is 57.6 Å². The maximum atomic E-state index is 12.3. The Kier molecular flexibility index (Phi) is 4.59. The van der Waals surface area contributed by atoms with Gasteiger partial charge >= 0.3 is 0 Å². The Labute approximate surface area is 136 Å². The van der Waals surface area contributed by atoms with Crippen LogP contribution in [0.1, 0.15) is 21.5 Å². The molecule has 0 spiro atoms. The third-order valence-corrected chi connectivity index (χ3v) is 3.61. The minimum Gasteiger partial charge on any atom is -0.507 e. The van der Waals surface area contributed by atoms with E-state index in [-0.39, 0.29) is 16.3 Å². The molecule has 0 fully saturated rings. The molecule has 0 saturated heterocycles. The van der Waals surface area contributed by atoms with Gasteiger partial charge < -0.3 is 16.2 Å². The van der Waals surface area contributed by atoms with Gasteiger partial charge in [0.2, 0.25) is 0 Å². The zero-order valence-electron chi connectivity index (χ0n) is 11.2. The smallest absolute Gasteiger partial charge is 0.259 e. The number of aromatic hydroxyl groups is 1. The molecule has 21 heavy (non-hydrogen) atoms. The van der Waals surface area contributed by atoms with Crippen molar-refractivity contribution in [1.82, 2.24) is 0 Å². The van der Waals surface area contributed by atoms with Gasteiger partial charge in [-0.1, -0.05) is 34.2 Å². The van der Waals surface area contributed by atoms with Crippen molar-refractivity contribution in [1.29, 1.82) is 0 Å². The van der Waals surface area contributed by atoms with E-state index in [2.05, 4.69) is 21.2 Å². The third kappa shape index (κ3) is 3.59. The number of aryl methyl sites for hydroxylation is 1. The van der Waals surface area contributed by atoms with E-state index in [0.717, 1.165) is 10.0 Å². The number of nitrogens with one attached hydrogen (secondary N) is 1. The van der Waals surface area contributed by atoms with Gasteiger partial charge in [-0.15, -0.1) is 0 Å². The molecule has 0 radical (unpaired) electrons. The summed E-state index contributed by atoms with van der Waals surface area (Å²) < 4.78 is 0.783. The summed E-state index contributed by atoms with van der Waals surface area (Å²) in [7, 11) is 0. The predicted octanol–water partition coefficient (Wildman–Crippen LogP) is 3.35. The lowest BCUT2D eigenvalue weighted by atomic mass is 10.1. The highest BCUT2D eigenvalue weighted by atomic mass is 79.9. The van der Waals surface area contributed by atoms with Gasteiger partial charge in [-0.2, -0.15) is 0 Å². The van der Waals surface area contributed by atoms with Crippen LogP contribution in [-0.4, -0.2) is 16.0 Å². The first kappa shape index (κ1) is 15.5. The molecule has 4 nitrogen and oxygen atoms in total. The number of phenolic OH excluding ortho intramolecular Hbond substituents is 1. The molecule has 2 rings (SSSR count). The third-order valence-electron chi connectivity index (χ3n) is 2.89. The maximum absolute atomic E-state index is 12.3. The summed E-state index contributed by atoms with van der Waals surface area (Å²) in [6.45, 7) is 1.83. The number of halogens is 1. The molecular formula is C15H13BrN2O2S. The lowest BCUT2D eigenvalue weighted by Gasteiger charge is -2.11. The average molecular weight is 365 g/mol. The molecule has 0 heterocycles. The van der Waals surface area contributed by atoms with Gasteiger partial charge in [0.1, 0.15) is 10.7 Å². The number of thiocarbonyl (C=S) groups is 1. The lowest BCUT2D eigenvalue weighted by Crippen LogP contribution is -2.17. The minimum absolute atomic E-state index is 0.0700. The van der Waals surface area contributed by atoms with E-state index in [9.17, 15) is 9.90 Å². The predicted molar refractivity (Wildman–Crippen MR) is 90.8 cm³/mol. The van der Waals surface area contributed by atoms with E-state index in [1.165, 1.54) is 6.07 Å². The molecule has 0 aliphatic rings. The minimum atomic E-state index is -0.428. The van der Waals surface area contributed by atoms with Crippen LogP contribution in [0.3, 0.4) is 0 Å². The number of carbonyl (C=O) groups excluding carboxylic acids is 1. The van der Waals surface area contributed by atoms with Crippen LogP contribution in [0.15, 0.2) is 40.9 Å². The van der Waals surface area contributed by atoms with Crippen LogP contribution in [-0.2, 0) is 0 Å². The van der Waals surface area contributed by atoms with Crippen LogP contribution in [0.25, 0.3) is 0 Å². The van der Waals surface area contributed by atoms with Crippen molar-refractivity contribution in [3.8, 4) is 5.75 Å². The van der Waals surface area contributed by atoms with Gasteiger partial charge in [-0.25, -0.2) is 0 Å². The summed E-state index contributed by atoms with van der Waals surface area (Å²) in [5.41, 5.74) is 7.76. The number of hydrogen-bond acceptors (Lipinski definition) is 3. The molecule has 108 valence electrons. The first-order valence-electron chi connectivity index (χ1n) is 6.09.